The average molecular weight is 649 g/mol. The fraction of sp³-hybridized carbons (Fsp3) is 0.419. The van der Waals surface area contributed by atoms with E-state index >= 15 is 4.39 Å². The fourth-order valence-corrected chi connectivity index (χ4v) is 4.52. The summed E-state index contributed by atoms with van der Waals surface area (Å²) in [6.45, 7) is 5.45. The molecule has 0 aliphatic carbocycles. The number of anilines is 2. The Bertz CT molecular complexity index is 1560. The number of aldehydes is 1. The summed E-state index contributed by atoms with van der Waals surface area (Å²) in [4.78, 5) is 34.6. The standard InChI is InChI=1S/C31H36F4N6O5/c1-30(2,36-3)17-45-24-7-6-8-25(20(24)16-42)46-28-21(31(33,34)35)15-37-29(40-28)39-23-14-22(32)19(13-26(23)44-5)27(43)38-18-9-11-41(4)12-10-18/h6-8,13-16,18,36H,9-12,17H2,1-5H3,(H,38,43)(H,37,39,40). The van der Waals surface area contributed by atoms with E-state index in [9.17, 15) is 22.8 Å². The number of nitrogens with zero attached hydrogens (tertiary/aromatic N) is 3. The van der Waals surface area contributed by atoms with Gasteiger partial charge in [-0.3, -0.25) is 9.59 Å². The Hall–Kier alpha value is -4.50. The van der Waals surface area contributed by atoms with Gasteiger partial charge in [0.1, 0.15) is 35.2 Å². The number of methoxy groups -OCH3 is 1. The first-order valence-electron chi connectivity index (χ1n) is 14.4. The molecule has 0 radical (unpaired) electrons. The molecule has 15 heteroatoms. The highest BCUT2D eigenvalue weighted by atomic mass is 19.4. The number of hydrogen-bond donors (Lipinski definition) is 3. The van der Waals surface area contributed by atoms with Crippen LogP contribution >= 0.6 is 0 Å². The topological polar surface area (TPSA) is 127 Å². The van der Waals surface area contributed by atoms with Crippen molar-refractivity contribution in [2.75, 3.05) is 46.2 Å². The van der Waals surface area contributed by atoms with E-state index in [4.69, 9.17) is 14.2 Å². The number of benzene rings is 2. The fourth-order valence-electron chi connectivity index (χ4n) is 4.52. The smallest absolute Gasteiger partial charge is 0.423 e. The number of likely N-dealkylation sites (tertiary alicyclic amines) is 1. The molecule has 0 spiro atoms. The molecule has 4 rings (SSSR count). The van der Waals surface area contributed by atoms with Gasteiger partial charge in [0, 0.05) is 23.8 Å². The molecule has 1 amide bonds. The number of likely N-dealkylation sites (N-methyl/N-ethyl adjacent to an activating group) is 1. The van der Waals surface area contributed by atoms with Gasteiger partial charge in [-0.05, 0) is 72.1 Å². The number of rotatable bonds is 12. The number of alkyl halides is 3. The van der Waals surface area contributed by atoms with Crippen LogP contribution in [0.4, 0.5) is 29.2 Å². The summed E-state index contributed by atoms with van der Waals surface area (Å²) in [7, 11) is 4.99. The van der Waals surface area contributed by atoms with Crippen LogP contribution in [0.2, 0.25) is 0 Å². The summed E-state index contributed by atoms with van der Waals surface area (Å²) in [5.41, 5.74) is -2.24. The molecule has 2 aromatic carbocycles. The number of piperidine rings is 1. The number of nitrogens with one attached hydrogen (secondary N) is 3. The van der Waals surface area contributed by atoms with Gasteiger partial charge in [0.2, 0.25) is 11.8 Å². The van der Waals surface area contributed by atoms with Gasteiger partial charge in [-0.1, -0.05) is 6.07 Å². The van der Waals surface area contributed by atoms with Gasteiger partial charge < -0.3 is 35.1 Å². The van der Waals surface area contributed by atoms with E-state index in [2.05, 4.69) is 30.8 Å². The first-order valence-corrected chi connectivity index (χ1v) is 14.4. The van der Waals surface area contributed by atoms with Crippen LogP contribution in [0, 0.1) is 5.82 Å². The van der Waals surface area contributed by atoms with Crippen LogP contribution in [0.5, 0.6) is 23.1 Å². The van der Waals surface area contributed by atoms with Gasteiger partial charge in [0.15, 0.2) is 6.29 Å². The molecule has 0 unspecified atom stereocenters. The summed E-state index contributed by atoms with van der Waals surface area (Å²) in [5.74, 6) is -2.98. The Kier molecular flexibility index (Phi) is 10.7. The molecular formula is C31H36F4N6O5. The third-order valence-corrected chi connectivity index (χ3v) is 7.51. The highest BCUT2D eigenvalue weighted by Gasteiger charge is 2.37. The molecular weight excluding hydrogens is 612 g/mol. The minimum atomic E-state index is -4.92. The second-order valence-corrected chi connectivity index (χ2v) is 11.4. The van der Waals surface area contributed by atoms with Crippen LogP contribution in [0.3, 0.4) is 0 Å². The molecule has 46 heavy (non-hydrogen) atoms. The maximum Gasteiger partial charge on any atom is 0.423 e. The molecule has 0 bridgehead atoms. The van der Waals surface area contributed by atoms with Crippen molar-refractivity contribution in [2.45, 2.75) is 44.4 Å². The zero-order valence-corrected chi connectivity index (χ0v) is 26.0. The monoisotopic (exact) mass is 648 g/mol. The zero-order valence-electron chi connectivity index (χ0n) is 26.0. The number of aromatic nitrogens is 2. The largest absolute Gasteiger partial charge is 0.495 e. The van der Waals surface area contributed by atoms with Crippen molar-refractivity contribution < 1.29 is 41.4 Å². The van der Waals surface area contributed by atoms with Gasteiger partial charge in [-0.15, -0.1) is 0 Å². The first kappa shape index (κ1) is 34.4. The predicted octanol–water partition coefficient (Wildman–Crippen LogP) is 5.19. The second kappa shape index (κ2) is 14.3. The SMILES string of the molecule is CNC(C)(C)COc1cccc(Oc2nc(Nc3cc(F)c(C(=O)NC4CCN(C)CC4)cc3OC)ncc2C(F)(F)F)c1C=O. The highest BCUT2D eigenvalue weighted by molar-refractivity contribution is 5.96. The van der Waals surface area contributed by atoms with E-state index in [1.54, 1.807) is 7.05 Å². The third-order valence-electron chi connectivity index (χ3n) is 7.51. The minimum Gasteiger partial charge on any atom is -0.495 e. The van der Waals surface area contributed by atoms with Crippen molar-refractivity contribution in [1.29, 1.82) is 0 Å². The first-order chi connectivity index (χ1) is 21.7. The molecule has 11 nitrogen and oxygen atoms in total. The summed E-state index contributed by atoms with van der Waals surface area (Å²) < 4.78 is 73.7. The van der Waals surface area contributed by atoms with Crippen LogP contribution in [-0.2, 0) is 6.18 Å². The van der Waals surface area contributed by atoms with Crippen LogP contribution < -0.4 is 30.2 Å². The normalized spacial score (nSPS) is 14.5. The van der Waals surface area contributed by atoms with E-state index in [-0.39, 0.29) is 46.7 Å². The third kappa shape index (κ3) is 8.40. The Morgan fingerprint density at radius 2 is 1.83 bits per heavy atom. The van der Waals surface area contributed by atoms with E-state index < -0.39 is 40.8 Å². The number of halogens is 4. The van der Waals surface area contributed by atoms with Crippen molar-refractivity contribution in [3.05, 3.63) is 59.0 Å². The van der Waals surface area contributed by atoms with Gasteiger partial charge in [-0.25, -0.2) is 9.37 Å². The Morgan fingerprint density at radius 3 is 2.46 bits per heavy atom. The molecule has 3 N–H and O–H groups in total. The number of amides is 1. The number of carbonyl (C=O) groups excluding carboxylic acids is 2. The van der Waals surface area contributed by atoms with Gasteiger partial charge in [-0.2, -0.15) is 18.2 Å². The molecule has 1 saturated heterocycles. The lowest BCUT2D eigenvalue weighted by molar-refractivity contribution is -0.139. The average Bonchev–Trinajstić information content (AvgIpc) is 3.01. The highest BCUT2D eigenvalue weighted by Crippen LogP contribution is 2.39. The summed E-state index contributed by atoms with van der Waals surface area (Å²) in [6.07, 6.45) is -2.59. The van der Waals surface area contributed by atoms with E-state index in [1.165, 1.54) is 31.4 Å². The minimum absolute atomic E-state index is 0.0125. The summed E-state index contributed by atoms with van der Waals surface area (Å²) in [5, 5.41) is 8.51. The molecule has 1 aliphatic rings. The number of hydrogen-bond acceptors (Lipinski definition) is 10. The summed E-state index contributed by atoms with van der Waals surface area (Å²) >= 11 is 0. The van der Waals surface area contributed by atoms with Gasteiger partial charge in [0.05, 0.1) is 23.9 Å². The van der Waals surface area contributed by atoms with Crippen molar-refractivity contribution >= 4 is 23.8 Å². The lowest BCUT2D eigenvalue weighted by Gasteiger charge is -2.29. The maximum absolute atomic E-state index is 15.2. The van der Waals surface area contributed by atoms with Gasteiger partial charge >= 0.3 is 6.18 Å². The van der Waals surface area contributed by atoms with Crippen LogP contribution in [0.1, 0.15) is 53.0 Å². The van der Waals surface area contributed by atoms with E-state index in [0.717, 1.165) is 32.0 Å². The number of ether oxygens (including phenoxy) is 3. The van der Waals surface area contributed by atoms with E-state index in [1.807, 2.05) is 20.9 Å². The Morgan fingerprint density at radius 1 is 1.13 bits per heavy atom. The molecule has 0 saturated carbocycles. The Balaban J connectivity index is 1.62. The van der Waals surface area contributed by atoms with Crippen molar-refractivity contribution in [3.63, 3.8) is 0 Å². The zero-order chi connectivity index (χ0) is 33.6. The summed E-state index contributed by atoms with van der Waals surface area (Å²) in [6, 6.07) is 6.26. The van der Waals surface area contributed by atoms with Crippen LogP contribution in [-0.4, -0.2) is 79.5 Å². The van der Waals surface area contributed by atoms with Crippen molar-refractivity contribution in [2.24, 2.45) is 0 Å². The quantitative estimate of drug-likeness (QED) is 0.178. The molecule has 1 aliphatic heterocycles. The van der Waals surface area contributed by atoms with Crippen LogP contribution in [0.25, 0.3) is 0 Å². The molecule has 0 atom stereocenters. The van der Waals surface area contributed by atoms with E-state index in [0.29, 0.717) is 12.5 Å². The molecule has 3 aromatic rings. The molecule has 1 fully saturated rings. The maximum atomic E-state index is 15.2. The Labute approximate surface area is 263 Å². The lowest BCUT2D eigenvalue weighted by Crippen LogP contribution is -2.43. The van der Waals surface area contributed by atoms with Gasteiger partial charge in [0.25, 0.3) is 5.91 Å². The van der Waals surface area contributed by atoms with Crippen molar-refractivity contribution in [1.82, 2.24) is 25.5 Å². The number of carbonyl (C=O) groups is 2. The molecule has 1 aromatic heterocycles. The second-order valence-electron chi connectivity index (χ2n) is 11.4. The molecule has 2 heterocycles. The molecule has 248 valence electrons. The van der Waals surface area contributed by atoms with Crippen LogP contribution in [0.15, 0.2) is 36.5 Å². The predicted molar refractivity (Wildman–Crippen MR) is 162 cm³/mol. The lowest BCUT2D eigenvalue weighted by atomic mass is 10.0. The van der Waals surface area contributed by atoms with Crippen molar-refractivity contribution in [3.8, 4) is 23.1 Å².